The van der Waals surface area contributed by atoms with Gasteiger partial charge in [0.2, 0.25) is 0 Å². The van der Waals surface area contributed by atoms with Crippen molar-refractivity contribution in [3.63, 3.8) is 0 Å². The Balaban J connectivity index is 2.53. The lowest BCUT2D eigenvalue weighted by Crippen LogP contribution is -1.86. The molecule has 0 saturated carbocycles. The summed E-state index contributed by atoms with van der Waals surface area (Å²) < 4.78 is 13.4. The number of imidazole rings is 1. The predicted octanol–water partition coefficient (Wildman–Crippen LogP) is 2.52. The van der Waals surface area contributed by atoms with Crippen LogP contribution in [0.2, 0.25) is 0 Å². The van der Waals surface area contributed by atoms with Gasteiger partial charge in [0, 0.05) is 12.4 Å². The van der Waals surface area contributed by atoms with Crippen molar-refractivity contribution in [1.29, 1.82) is 0 Å². The number of H-pyrrole nitrogens is 1. The highest BCUT2D eigenvalue weighted by Crippen LogP contribution is 2.19. The fourth-order valence-electron chi connectivity index (χ4n) is 1.22. The minimum absolute atomic E-state index is 0.241. The first-order valence-corrected chi connectivity index (χ1v) is 4.03. The van der Waals surface area contributed by atoms with Gasteiger partial charge in [-0.3, -0.25) is 0 Å². The zero-order valence-corrected chi connectivity index (χ0v) is 7.21. The van der Waals surface area contributed by atoms with Gasteiger partial charge < -0.3 is 4.98 Å². The lowest BCUT2D eigenvalue weighted by Gasteiger charge is -1.99. The van der Waals surface area contributed by atoms with Gasteiger partial charge in [0.25, 0.3) is 0 Å². The summed E-state index contributed by atoms with van der Waals surface area (Å²) in [4.78, 5) is 6.84. The van der Waals surface area contributed by atoms with Crippen LogP contribution in [-0.2, 0) is 0 Å². The number of halogens is 1. The number of rotatable bonds is 1. The molecule has 0 fully saturated rings. The highest BCUT2D eigenvalue weighted by atomic mass is 19.1. The van der Waals surface area contributed by atoms with Crippen LogP contribution < -0.4 is 0 Å². The third-order valence-electron chi connectivity index (χ3n) is 1.88. The smallest absolute Gasteiger partial charge is 0.140 e. The van der Waals surface area contributed by atoms with Gasteiger partial charge in [-0.25, -0.2) is 9.37 Å². The minimum Gasteiger partial charge on any atom is -0.345 e. The number of hydrogen-bond acceptors (Lipinski definition) is 1. The molecule has 2 rings (SSSR count). The fourth-order valence-corrected chi connectivity index (χ4v) is 1.22. The van der Waals surface area contributed by atoms with E-state index in [4.69, 9.17) is 0 Å². The molecular weight excluding hydrogens is 167 g/mol. The number of aryl methyl sites for hydroxylation is 1. The molecule has 0 bridgehead atoms. The summed E-state index contributed by atoms with van der Waals surface area (Å²) in [7, 11) is 0. The van der Waals surface area contributed by atoms with E-state index in [0.29, 0.717) is 11.4 Å². The molecule has 2 nitrogen and oxygen atoms in total. The molecule has 1 heterocycles. The van der Waals surface area contributed by atoms with Crippen LogP contribution in [-0.4, -0.2) is 9.97 Å². The van der Waals surface area contributed by atoms with Gasteiger partial charge in [0.15, 0.2) is 0 Å². The number of nitrogens with zero attached hydrogens (tertiary/aromatic N) is 1. The van der Waals surface area contributed by atoms with E-state index in [2.05, 4.69) is 9.97 Å². The topological polar surface area (TPSA) is 28.7 Å². The monoisotopic (exact) mass is 176 g/mol. The lowest BCUT2D eigenvalue weighted by molar-refractivity contribution is 0.629. The summed E-state index contributed by atoms with van der Waals surface area (Å²) in [6, 6.07) is 5.09. The quantitative estimate of drug-likeness (QED) is 0.710. The van der Waals surface area contributed by atoms with E-state index in [0.717, 1.165) is 5.56 Å². The maximum absolute atomic E-state index is 13.4. The fraction of sp³-hybridized carbons (Fsp3) is 0.100. The summed E-state index contributed by atoms with van der Waals surface area (Å²) in [6.07, 6.45) is 3.28. The molecule has 0 amide bonds. The summed E-state index contributed by atoms with van der Waals surface area (Å²) in [6.45, 7) is 1.86. The van der Waals surface area contributed by atoms with Crippen LogP contribution in [0.15, 0.2) is 30.6 Å². The van der Waals surface area contributed by atoms with Crippen LogP contribution in [0.1, 0.15) is 5.56 Å². The summed E-state index contributed by atoms with van der Waals surface area (Å²) in [5.74, 6) is 0.326. The zero-order chi connectivity index (χ0) is 9.26. The van der Waals surface area contributed by atoms with E-state index >= 15 is 0 Å². The van der Waals surface area contributed by atoms with Gasteiger partial charge in [-0.2, -0.15) is 0 Å². The molecule has 0 aliphatic heterocycles. The van der Waals surface area contributed by atoms with E-state index in [1.54, 1.807) is 18.5 Å². The normalized spacial score (nSPS) is 10.3. The van der Waals surface area contributed by atoms with Gasteiger partial charge in [-0.05, 0) is 24.6 Å². The first-order chi connectivity index (χ1) is 6.27. The Hall–Kier alpha value is -1.64. The van der Waals surface area contributed by atoms with Crippen molar-refractivity contribution in [2.75, 3.05) is 0 Å². The van der Waals surface area contributed by atoms with Crippen LogP contribution in [0, 0.1) is 12.7 Å². The standard InChI is InChI=1S/C10H9FN2/c1-7-2-3-8(9(11)6-7)10-12-4-5-13-10/h2-6H,1H3,(H,12,13). The number of nitrogens with one attached hydrogen (secondary N) is 1. The number of benzene rings is 1. The van der Waals surface area contributed by atoms with Gasteiger partial charge in [-0.15, -0.1) is 0 Å². The molecule has 1 N–H and O–H groups in total. The highest BCUT2D eigenvalue weighted by Gasteiger charge is 2.05. The van der Waals surface area contributed by atoms with Crippen LogP contribution >= 0.6 is 0 Å². The van der Waals surface area contributed by atoms with Crippen molar-refractivity contribution in [3.05, 3.63) is 42.0 Å². The lowest BCUT2D eigenvalue weighted by atomic mass is 10.1. The second-order valence-corrected chi connectivity index (χ2v) is 2.92. The van der Waals surface area contributed by atoms with Crippen molar-refractivity contribution in [3.8, 4) is 11.4 Å². The minimum atomic E-state index is -0.241. The Bertz CT molecular complexity index is 407. The SMILES string of the molecule is Cc1ccc(-c2ncc[nH]2)c(F)c1. The van der Waals surface area contributed by atoms with Crippen molar-refractivity contribution >= 4 is 0 Å². The Labute approximate surface area is 75.4 Å². The first-order valence-electron chi connectivity index (χ1n) is 4.03. The van der Waals surface area contributed by atoms with Gasteiger partial charge in [0.1, 0.15) is 11.6 Å². The summed E-state index contributed by atoms with van der Waals surface area (Å²) in [5, 5.41) is 0. The van der Waals surface area contributed by atoms with Crippen LogP contribution in [0.4, 0.5) is 4.39 Å². The van der Waals surface area contributed by atoms with E-state index in [9.17, 15) is 4.39 Å². The highest BCUT2D eigenvalue weighted by molar-refractivity contribution is 5.56. The maximum atomic E-state index is 13.4. The van der Waals surface area contributed by atoms with E-state index in [1.165, 1.54) is 6.07 Å². The Morgan fingerprint density at radius 1 is 1.38 bits per heavy atom. The van der Waals surface area contributed by atoms with E-state index in [1.807, 2.05) is 13.0 Å². The van der Waals surface area contributed by atoms with Crippen molar-refractivity contribution in [2.45, 2.75) is 6.92 Å². The second-order valence-electron chi connectivity index (χ2n) is 2.92. The van der Waals surface area contributed by atoms with E-state index < -0.39 is 0 Å². The first kappa shape index (κ1) is 7.98. The van der Waals surface area contributed by atoms with Crippen molar-refractivity contribution < 1.29 is 4.39 Å². The molecule has 0 atom stereocenters. The van der Waals surface area contributed by atoms with E-state index in [-0.39, 0.29) is 5.82 Å². The third kappa shape index (κ3) is 1.45. The predicted molar refractivity (Wildman–Crippen MR) is 48.7 cm³/mol. The number of aromatic amines is 1. The van der Waals surface area contributed by atoms with Gasteiger partial charge in [-0.1, -0.05) is 6.07 Å². The summed E-state index contributed by atoms with van der Waals surface area (Å²) in [5.41, 5.74) is 1.42. The van der Waals surface area contributed by atoms with Crippen molar-refractivity contribution in [2.24, 2.45) is 0 Å². The molecule has 66 valence electrons. The molecule has 0 spiro atoms. The summed E-state index contributed by atoms with van der Waals surface area (Å²) >= 11 is 0. The Morgan fingerprint density at radius 2 is 2.23 bits per heavy atom. The van der Waals surface area contributed by atoms with Crippen LogP contribution in [0.25, 0.3) is 11.4 Å². The number of hydrogen-bond donors (Lipinski definition) is 1. The molecule has 0 saturated heterocycles. The van der Waals surface area contributed by atoms with Crippen LogP contribution in [0.3, 0.4) is 0 Å². The molecule has 13 heavy (non-hydrogen) atoms. The number of aromatic nitrogens is 2. The molecule has 3 heteroatoms. The maximum Gasteiger partial charge on any atom is 0.140 e. The molecule has 0 aliphatic carbocycles. The molecular formula is C10H9FN2. The average Bonchev–Trinajstić information content (AvgIpc) is 2.56. The van der Waals surface area contributed by atoms with Gasteiger partial charge in [0.05, 0.1) is 5.56 Å². The third-order valence-corrected chi connectivity index (χ3v) is 1.88. The average molecular weight is 176 g/mol. The second kappa shape index (κ2) is 3.01. The molecule has 1 aromatic heterocycles. The zero-order valence-electron chi connectivity index (χ0n) is 7.21. The Morgan fingerprint density at radius 3 is 2.85 bits per heavy atom. The molecule has 0 aliphatic rings. The van der Waals surface area contributed by atoms with Gasteiger partial charge >= 0.3 is 0 Å². The largest absolute Gasteiger partial charge is 0.345 e. The van der Waals surface area contributed by atoms with Crippen LogP contribution in [0.5, 0.6) is 0 Å². The molecule has 2 aromatic rings. The Kier molecular flexibility index (Phi) is 1.85. The molecule has 0 unspecified atom stereocenters. The van der Waals surface area contributed by atoms with Crippen molar-refractivity contribution in [1.82, 2.24) is 9.97 Å². The molecule has 0 radical (unpaired) electrons. The molecule has 1 aromatic carbocycles.